The minimum atomic E-state index is 0.143. The van der Waals surface area contributed by atoms with Gasteiger partial charge in [0.05, 0.1) is 19.3 Å². The summed E-state index contributed by atoms with van der Waals surface area (Å²) in [7, 11) is 0. The molecule has 0 spiro atoms. The van der Waals surface area contributed by atoms with Crippen molar-refractivity contribution in [3.05, 3.63) is 34.9 Å². The summed E-state index contributed by atoms with van der Waals surface area (Å²) in [5, 5.41) is 3.31. The highest BCUT2D eigenvalue weighted by molar-refractivity contribution is 5.94. The van der Waals surface area contributed by atoms with Crippen LogP contribution in [0, 0.1) is 0 Å². The molecular formula is C15H20N2O2. The number of hydrogen-bond donors (Lipinski definition) is 1. The number of nitrogens with one attached hydrogen (secondary N) is 1. The van der Waals surface area contributed by atoms with Crippen molar-refractivity contribution >= 4 is 5.91 Å². The average molecular weight is 260 g/mol. The lowest BCUT2D eigenvalue weighted by Crippen LogP contribution is -2.48. The number of carbonyl (C=O) groups is 1. The van der Waals surface area contributed by atoms with Gasteiger partial charge in [-0.05, 0) is 29.7 Å². The Hall–Kier alpha value is -1.39. The standard InChI is InChI=1S/C15H20N2O2/c1-2-14-10-19-6-5-17(14)15(18)11-3-4-12-8-16-9-13(12)7-11/h3-4,7,14,16H,2,5-6,8-10H2,1H3. The number of fused-ring (bicyclic) bond motifs is 1. The molecular weight excluding hydrogens is 240 g/mol. The third-order valence-electron chi connectivity index (χ3n) is 4.04. The van der Waals surface area contributed by atoms with Crippen molar-refractivity contribution < 1.29 is 9.53 Å². The molecule has 2 heterocycles. The van der Waals surface area contributed by atoms with E-state index in [1.54, 1.807) is 0 Å². The lowest BCUT2D eigenvalue weighted by Gasteiger charge is -2.35. The van der Waals surface area contributed by atoms with Crippen molar-refractivity contribution in [2.24, 2.45) is 0 Å². The van der Waals surface area contributed by atoms with Gasteiger partial charge in [-0.2, -0.15) is 0 Å². The summed E-state index contributed by atoms with van der Waals surface area (Å²) in [6.07, 6.45) is 0.943. The molecule has 19 heavy (non-hydrogen) atoms. The highest BCUT2D eigenvalue weighted by atomic mass is 16.5. The summed E-state index contributed by atoms with van der Waals surface area (Å²) in [6, 6.07) is 6.29. The van der Waals surface area contributed by atoms with Gasteiger partial charge in [-0.3, -0.25) is 4.79 Å². The molecule has 102 valence electrons. The van der Waals surface area contributed by atoms with E-state index >= 15 is 0 Å². The third kappa shape index (κ3) is 2.38. The van der Waals surface area contributed by atoms with E-state index in [9.17, 15) is 4.79 Å². The molecule has 3 rings (SSSR count). The van der Waals surface area contributed by atoms with Crippen molar-refractivity contribution in [1.29, 1.82) is 0 Å². The maximum atomic E-state index is 12.6. The summed E-state index contributed by atoms with van der Waals surface area (Å²) in [5.74, 6) is 0.143. The van der Waals surface area contributed by atoms with Gasteiger partial charge in [-0.15, -0.1) is 0 Å². The minimum Gasteiger partial charge on any atom is -0.377 e. The van der Waals surface area contributed by atoms with Gasteiger partial charge in [-0.1, -0.05) is 13.0 Å². The Kier molecular flexibility index (Phi) is 3.53. The van der Waals surface area contributed by atoms with Crippen molar-refractivity contribution in [3.8, 4) is 0 Å². The quantitative estimate of drug-likeness (QED) is 0.877. The zero-order valence-electron chi connectivity index (χ0n) is 11.3. The predicted molar refractivity (Wildman–Crippen MR) is 72.9 cm³/mol. The van der Waals surface area contributed by atoms with Crippen LogP contribution in [0.2, 0.25) is 0 Å². The maximum Gasteiger partial charge on any atom is 0.254 e. The van der Waals surface area contributed by atoms with Crippen LogP contribution in [0.25, 0.3) is 0 Å². The molecule has 1 unspecified atom stereocenters. The third-order valence-corrected chi connectivity index (χ3v) is 4.04. The molecule has 1 N–H and O–H groups in total. The summed E-state index contributed by atoms with van der Waals surface area (Å²) in [5.41, 5.74) is 3.38. The second-order valence-electron chi connectivity index (χ2n) is 5.22. The van der Waals surface area contributed by atoms with E-state index in [1.807, 2.05) is 17.0 Å². The van der Waals surface area contributed by atoms with Crippen LogP contribution < -0.4 is 5.32 Å². The Bertz CT molecular complexity index is 487. The predicted octanol–water partition coefficient (Wildman–Crippen LogP) is 1.54. The lowest BCUT2D eigenvalue weighted by molar-refractivity contribution is -0.00280. The second-order valence-corrected chi connectivity index (χ2v) is 5.22. The number of nitrogens with zero attached hydrogens (tertiary/aromatic N) is 1. The average Bonchev–Trinajstić information content (AvgIpc) is 2.93. The Morgan fingerprint density at radius 3 is 3.11 bits per heavy atom. The van der Waals surface area contributed by atoms with Crippen LogP contribution in [0.4, 0.5) is 0 Å². The largest absolute Gasteiger partial charge is 0.377 e. The van der Waals surface area contributed by atoms with Gasteiger partial charge in [0.2, 0.25) is 0 Å². The maximum absolute atomic E-state index is 12.6. The van der Waals surface area contributed by atoms with Crippen LogP contribution in [0.1, 0.15) is 34.8 Å². The number of carbonyl (C=O) groups excluding carboxylic acids is 1. The van der Waals surface area contributed by atoms with Gasteiger partial charge in [0.1, 0.15) is 0 Å². The molecule has 0 bridgehead atoms. The molecule has 0 aromatic heterocycles. The summed E-state index contributed by atoms with van der Waals surface area (Å²) in [6.45, 7) is 5.90. The molecule has 4 nitrogen and oxygen atoms in total. The van der Waals surface area contributed by atoms with E-state index in [-0.39, 0.29) is 11.9 Å². The van der Waals surface area contributed by atoms with Gasteiger partial charge >= 0.3 is 0 Å². The minimum absolute atomic E-state index is 0.143. The number of amides is 1. The zero-order valence-corrected chi connectivity index (χ0v) is 11.3. The Labute approximate surface area is 113 Å². The molecule has 1 aromatic carbocycles. The Morgan fingerprint density at radius 2 is 2.26 bits per heavy atom. The first kappa shape index (κ1) is 12.6. The van der Waals surface area contributed by atoms with E-state index in [0.29, 0.717) is 19.8 Å². The fraction of sp³-hybridized carbons (Fsp3) is 0.533. The number of rotatable bonds is 2. The van der Waals surface area contributed by atoms with Crippen LogP contribution in [-0.4, -0.2) is 36.6 Å². The van der Waals surface area contributed by atoms with E-state index in [2.05, 4.69) is 18.3 Å². The number of hydrogen-bond acceptors (Lipinski definition) is 3. The number of ether oxygens (including phenoxy) is 1. The van der Waals surface area contributed by atoms with E-state index in [0.717, 1.165) is 25.1 Å². The summed E-state index contributed by atoms with van der Waals surface area (Å²) >= 11 is 0. The van der Waals surface area contributed by atoms with E-state index in [4.69, 9.17) is 4.74 Å². The molecule has 1 saturated heterocycles. The zero-order chi connectivity index (χ0) is 13.2. The Morgan fingerprint density at radius 1 is 1.42 bits per heavy atom. The molecule has 4 heteroatoms. The van der Waals surface area contributed by atoms with Crippen LogP contribution >= 0.6 is 0 Å². The first-order valence-corrected chi connectivity index (χ1v) is 7.01. The lowest BCUT2D eigenvalue weighted by atomic mass is 10.0. The monoisotopic (exact) mass is 260 g/mol. The highest BCUT2D eigenvalue weighted by Crippen LogP contribution is 2.20. The van der Waals surface area contributed by atoms with Gasteiger partial charge in [0.15, 0.2) is 0 Å². The van der Waals surface area contributed by atoms with Crippen LogP contribution in [0.5, 0.6) is 0 Å². The molecule has 2 aliphatic heterocycles. The first-order valence-electron chi connectivity index (χ1n) is 7.01. The van der Waals surface area contributed by atoms with Crippen molar-refractivity contribution in [2.75, 3.05) is 19.8 Å². The molecule has 0 aliphatic carbocycles. The van der Waals surface area contributed by atoms with Crippen molar-refractivity contribution in [2.45, 2.75) is 32.5 Å². The summed E-state index contributed by atoms with van der Waals surface area (Å²) < 4.78 is 5.46. The van der Waals surface area contributed by atoms with E-state index < -0.39 is 0 Å². The van der Waals surface area contributed by atoms with E-state index in [1.165, 1.54) is 11.1 Å². The first-order chi connectivity index (χ1) is 9.29. The molecule has 2 aliphatic rings. The smallest absolute Gasteiger partial charge is 0.254 e. The number of benzene rings is 1. The molecule has 1 fully saturated rings. The fourth-order valence-corrected chi connectivity index (χ4v) is 2.85. The van der Waals surface area contributed by atoms with Crippen molar-refractivity contribution in [3.63, 3.8) is 0 Å². The van der Waals surface area contributed by atoms with Crippen LogP contribution in [-0.2, 0) is 17.8 Å². The van der Waals surface area contributed by atoms with Gasteiger partial charge in [-0.25, -0.2) is 0 Å². The molecule has 0 radical (unpaired) electrons. The molecule has 1 aromatic rings. The van der Waals surface area contributed by atoms with Gasteiger partial charge in [0, 0.05) is 25.2 Å². The molecule has 1 amide bonds. The van der Waals surface area contributed by atoms with Gasteiger partial charge < -0.3 is 15.0 Å². The molecule has 0 saturated carbocycles. The summed E-state index contributed by atoms with van der Waals surface area (Å²) in [4.78, 5) is 14.6. The van der Waals surface area contributed by atoms with Crippen LogP contribution in [0.3, 0.4) is 0 Å². The van der Waals surface area contributed by atoms with Crippen molar-refractivity contribution in [1.82, 2.24) is 10.2 Å². The highest BCUT2D eigenvalue weighted by Gasteiger charge is 2.27. The topological polar surface area (TPSA) is 41.6 Å². The number of morpholine rings is 1. The Balaban J connectivity index is 1.82. The SMILES string of the molecule is CCC1COCCN1C(=O)c1ccc2c(c1)CNC2. The normalized spacial score (nSPS) is 22.4. The van der Waals surface area contributed by atoms with Gasteiger partial charge in [0.25, 0.3) is 5.91 Å². The molecule has 1 atom stereocenters. The second kappa shape index (κ2) is 5.31. The van der Waals surface area contributed by atoms with Crippen LogP contribution in [0.15, 0.2) is 18.2 Å². The fourth-order valence-electron chi connectivity index (χ4n) is 2.85.